The van der Waals surface area contributed by atoms with E-state index in [9.17, 15) is 0 Å². The Balaban J connectivity index is 1.57. The first kappa shape index (κ1) is 16.7. The van der Waals surface area contributed by atoms with Crippen LogP contribution in [-0.4, -0.2) is 33.8 Å². The standard InChI is InChI=1S/C20H27N3O2/c1-19(2)24-12-20(13-25-19)9-8-17(10-16-6-4-3-5-7-16)18(20)11-23-15-21-14-22-23/h3-7,14-15,17-18H,8-13H2,1-2H3. The third-order valence-electron chi connectivity index (χ3n) is 5.97. The van der Waals surface area contributed by atoms with Crippen LogP contribution in [0, 0.1) is 17.3 Å². The summed E-state index contributed by atoms with van der Waals surface area (Å²) in [7, 11) is 0. The Hall–Kier alpha value is -1.72. The second-order valence-electron chi connectivity index (χ2n) is 8.05. The van der Waals surface area contributed by atoms with E-state index in [2.05, 4.69) is 40.4 Å². The molecular formula is C20H27N3O2. The van der Waals surface area contributed by atoms with E-state index in [1.54, 1.807) is 6.33 Å². The Morgan fingerprint density at radius 1 is 1.16 bits per heavy atom. The van der Waals surface area contributed by atoms with Gasteiger partial charge in [0.05, 0.1) is 13.2 Å². The van der Waals surface area contributed by atoms with Crippen LogP contribution in [0.15, 0.2) is 43.0 Å². The van der Waals surface area contributed by atoms with Gasteiger partial charge in [-0.05, 0) is 50.5 Å². The zero-order chi connectivity index (χ0) is 17.3. The molecule has 1 aliphatic heterocycles. The number of hydrogen-bond donors (Lipinski definition) is 0. The van der Waals surface area contributed by atoms with Gasteiger partial charge in [-0.2, -0.15) is 5.10 Å². The molecule has 2 aliphatic rings. The van der Waals surface area contributed by atoms with Gasteiger partial charge in [-0.3, -0.25) is 4.68 Å². The van der Waals surface area contributed by atoms with E-state index in [0.29, 0.717) is 11.8 Å². The second kappa shape index (κ2) is 6.54. The van der Waals surface area contributed by atoms with Crippen LogP contribution < -0.4 is 0 Å². The van der Waals surface area contributed by atoms with Crippen molar-refractivity contribution in [3.8, 4) is 0 Å². The van der Waals surface area contributed by atoms with E-state index in [1.807, 2.05) is 24.9 Å². The minimum atomic E-state index is -0.472. The third-order valence-corrected chi connectivity index (χ3v) is 5.97. The molecule has 5 nitrogen and oxygen atoms in total. The summed E-state index contributed by atoms with van der Waals surface area (Å²) in [6.07, 6.45) is 6.90. The topological polar surface area (TPSA) is 49.2 Å². The van der Waals surface area contributed by atoms with Crippen LogP contribution in [0.3, 0.4) is 0 Å². The molecule has 2 fully saturated rings. The van der Waals surface area contributed by atoms with Crippen molar-refractivity contribution >= 4 is 0 Å². The van der Waals surface area contributed by atoms with Crippen LogP contribution >= 0.6 is 0 Å². The lowest BCUT2D eigenvalue weighted by Crippen LogP contribution is -2.50. The first-order chi connectivity index (χ1) is 12.1. The number of benzene rings is 1. The molecule has 25 heavy (non-hydrogen) atoms. The summed E-state index contributed by atoms with van der Waals surface area (Å²) in [4.78, 5) is 4.12. The van der Waals surface area contributed by atoms with E-state index < -0.39 is 5.79 Å². The smallest absolute Gasteiger partial charge is 0.162 e. The minimum Gasteiger partial charge on any atom is -0.350 e. The van der Waals surface area contributed by atoms with E-state index in [0.717, 1.165) is 32.6 Å². The van der Waals surface area contributed by atoms with Crippen LogP contribution in [-0.2, 0) is 22.4 Å². The van der Waals surface area contributed by atoms with E-state index in [1.165, 1.54) is 12.0 Å². The van der Waals surface area contributed by atoms with Crippen molar-refractivity contribution in [2.45, 2.75) is 45.4 Å². The molecule has 134 valence electrons. The van der Waals surface area contributed by atoms with Gasteiger partial charge in [0.25, 0.3) is 0 Å². The van der Waals surface area contributed by atoms with Crippen molar-refractivity contribution in [3.05, 3.63) is 48.5 Å². The number of ether oxygens (including phenoxy) is 2. The zero-order valence-electron chi connectivity index (χ0n) is 15.1. The fourth-order valence-electron chi connectivity index (χ4n) is 4.47. The van der Waals surface area contributed by atoms with Gasteiger partial charge in [0, 0.05) is 12.0 Å². The summed E-state index contributed by atoms with van der Waals surface area (Å²) < 4.78 is 14.1. The van der Waals surface area contributed by atoms with Crippen molar-refractivity contribution in [1.29, 1.82) is 0 Å². The van der Waals surface area contributed by atoms with Gasteiger partial charge >= 0.3 is 0 Å². The van der Waals surface area contributed by atoms with E-state index in [-0.39, 0.29) is 5.41 Å². The lowest BCUT2D eigenvalue weighted by atomic mass is 9.74. The van der Waals surface area contributed by atoms with Crippen molar-refractivity contribution in [1.82, 2.24) is 14.8 Å². The lowest BCUT2D eigenvalue weighted by molar-refractivity contribution is -0.292. The summed E-state index contributed by atoms with van der Waals surface area (Å²) in [5.41, 5.74) is 1.49. The average molecular weight is 341 g/mol. The molecule has 0 N–H and O–H groups in total. The molecule has 1 saturated carbocycles. The predicted octanol–water partition coefficient (Wildman–Crippen LogP) is 3.32. The molecule has 0 bridgehead atoms. The van der Waals surface area contributed by atoms with Gasteiger partial charge < -0.3 is 9.47 Å². The monoisotopic (exact) mass is 341 g/mol. The van der Waals surface area contributed by atoms with Gasteiger partial charge in [-0.1, -0.05) is 30.3 Å². The molecule has 1 aromatic carbocycles. The van der Waals surface area contributed by atoms with Crippen LogP contribution in [0.2, 0.25) is 0 Å². The van der Waals surface area contributed by atoms with Gasteiger partial charge in [-0.15, -0.1) is 0 Å². The van der Waals surface area contributed by atoms with Crippen molar-refractivity contribution < 1.29 is 9.47 Å². The molecule has 2 aromatic rings. The second-order valence-corrected chi connectivity index (χ2v) is 8.05. The highest BCUT2D eigenvalue weighted by atomic mass is 16.7. The molecule has 0 radical (unpaired) electrons. The first-order valence-corrected chi connectivity index (χ1v) is 9.21. The maximum absolute atomic E-state index is 6.08. The average Bonchev–Trinajstić information content (AvgIpc) is 3.23. The fourth-order valence-corrected chi connectivity index (χ4v) is 4.47. The highest BCUT2D eigenvalue weighted by Crippen LogP contribution is 2.51. The zero-order valence-corrected chi connectivity index (χ0v) is 15.1. The Morgan fingerprint density at radius 3 is 2.60 bits per heavy atom. The molecule has 4 rings (SSSR count). The van der Waals surface area contributed by atoms with Gasteiger partial charge in [0.2, 0.25) is 0 Å². The molecule has 0 amide bonds. The van der Waals surface area contributed by atoms with E-state index in [4.69, 9.17) is 9.47 Å². The van der Waals surface area contributed by atoms with Crippen molar-refractivity contribution in [3.63, 3.8) is 0 Å². The Kier molecular flexibility index (Phi) is 4.38. The van der Waals surface area contributed by atoms with Crippen LogP contribution in [0.1, 0.15) is 32.3 Å². The quantitative estimate of drug-likeness (QED) is 0.856. The van der Waals surface area contributed by atoms with E-state index >= 15 is 0 Å². The molecule has 2 heterocycles. The summed E-state index contributed by atoms with van der Waals surface area (Å²) in [5, 5.41) is 4.35. The Labute approximate surface area is 149 Å². The van der Waals surface area contributed by atoms with Crippen LogP contribution in [0.25, 0.3) is 0 Å². The van der Waals surface area contributed by atoms with Gasteiger partial charge in [-0.25, -0.2) is 4.98 Å². The summed E-state index contributed by atoms with van der Waals surface area (Å²) >= 11 is 0. The number of nitrogens with zero attached hydrogens (tertiary/aromatic N) is 3. The Bertz CT molecular complexity index is 674. The maximum atomic E-state index is 6.08. The molecule has 2 unspecified atom stereocenters. The Morgan fingerprint density at radius 2 is 1.92 bits per heavy atom. The predicted molar refractivity (Wildman–Crippen MR) is 94.8 cm³/mol. The maximum Gasteiger partial charge on any atom is 0.162 e. The number of rotatable bonds is 4. The molecule has 1 aliphatic carbocycles. The van der Waals surface area contributed by atoms with Gasteiger partial charge in [0.1, 0.15) is 12.7 Å². The molecule has 5 heteroatoms. The summed E-state index contributed by atoms with van der Waals surface area (Å²) in [6.45, 7) is 6.42. The highest BCUT2D eigenvalue weighted by Gasteiger charge is 2.52. The summed E-state index contributed by atoms with van der Waals surface area (Å²) in [5.74, 6) is 0.617. The fraction of sp³-hybridized carbons (Fsp3) is 0.600. The van der Waals surface area contributed by atoms with Gasteiger partial charge in [0.15, 0.2) is 5.79 Å². The molecule has 1 spiro atoms. The first-order valence-electron chi connectivity index (χ1n) is 9.21. The SMILES string of the molecule is CC1(C)OCC2(CCC(Cc3ccccc3)C2Cn2cncn2)CO1. The van der Waals surface area contributed by atoms with Crippen molar-refractivity contribution in [2.24, 2.45) is 17.3 Å². The normalized spacial score (nSPS) is 27.6. The molecule has 1 aromatic heterocycles. The largest absolute Gasteiger partial charge is 0.350 e. The molecule has 2 atom stereocenters. The molecule has 1 saturated heterocycles. The van der Waals surface area contributed by atoms with Crippen LogP contribution in [0.4, 0.5) is 0 Å². The van der Waals surface area contributed by atoms with Crippen LogP contribution in [0.5, 0.6) is 0 Å². The number of hydrogen-bond acceptors (Lipinski definition) is 4. The third kappa shape index (κ3) is 3.48. The summed E-state index contributed by atoms with van der Waals surface area (Å²) in [6, 6.07) is 10.8. The highest BCUT2D eigenvalue weighted by molar-refractivity contribution is 5.16. The van der Waals surface area contributed by atoms with Crippen molar-refractivity contribution in [2.75, 3.05) is 13.2 Å². The minimum absolute atomic E-state index is 0.0842. The lowest BCUT2D eigenvalue weighted by Gasteiger charge is -2.45. The molecular weight excluding hydrogens is 314 g/mol. The number of aromatic nitrogens is 3.